The second kappa shape index (κ2) is 12.2. The number of rotatable bonds is 7. The lowest BCUT2D eigenvalue weighted by Gasteiger charge is -2.54. The highest BCUT2D eigenvalue weighted by atomic mass is 16.5. The van der Waals surface area contributed by atoms with Gasteiger partial charge >= 0.3 is 6.03 Å². The summed E-state index contributed by atoms with van der Waals surface area (Å²) >= 11 is 0. The van der Waals surface area contributed by atoms with E-state index in [0.29, 0.717) is 25.4 Å². The first-order valence-electron chi connectivity index (χ1n) is 14.1. The summed E-state index contributed by atoms with van der Waals surface area (Å²) in [5.41, 5.74) is 1.77. The number of benzene rings is 2. The van der Waals surface area contributed by atoms with Crippen molar-refractivity contribution >= 4 is 17.8 Å². The summed E-state index contributed by atoms with van der Waals surface area (Å²) in [6, 6.07) is 13.2. The molecule has 2 aromatic carbocycles. The Morgan fingerprint density at radius 3 is 2.35 bits per heavy atom. The summed E-state index contributed by atoms with van der Waals surface area (Å²) in [6.45, 7) is 1.21. The molecule has 1 unspecified atom stereocenters. The molecule has 0 radical (unpaired) electrons. The van der Waals surface area contributed by atoms with E-state index in [1.165, 1.54) is 19.3 Å². The van der Waals surface area contributed by atoms with Crippen molar-refractivity contribution in [2.24, 2.45) is 5.92 Å². The quantitative estimate of drug-likeness (QED) is 0.550. The van der Waals surface area contributed by atoms with Gasteiger partial charge in [-0.25, -0.2) is 14.8 Å². The zero-order valence-electron chi connectivity index (χ0n) is 23.3. The molecule has 10 nitrogen and oxygen atoms in total. The Bertz CT molecular complexity index is 1200. The van der Waals surface area contributed by atoms with Crippen LogP contribution in [0.2, 0.25) is 0 Å². The van der Waals surface area contributed by atoms with Gasteiger partial charge in [0.05, 0.1) is 20.2 Å². The van der Waals surface area contributed by atoms with E-state index in [1.54, 1.807) is 53.3 Å². The molecule has 2 saturated heterocycles. The van der Waals surface area contributed by atoms with E-state index in [-0.39, 0.29) is 36.7 Å². The number of nitrogens with one attached hydrogen (secondary N) is 1. The lowest BCUT2D eigenvalue weighted by molar-refractivity contribution is -0.187. The number of nitrogens with zero attached hydrogens (tertiary/aromatic N) is 4. The van der Waals surface area contributed by atoms with E-state index >= 15 is 0 Å². The molecule has 4 amide bonds. The minimum Gasteiger partial charge on any atom is -0.508 e. The summed E-state index contributed by atoms with van der Waals surface area (Å²) in [6.07, 6.45) is 5.43. The maximum absolute atomic E-state index is 13.9. The zero-order chi connectivity index (χ0) is 28.2. The SMILES string of the molecule is COc1ccc(CNC(=O)N2[C@H]3CN(CC4CCCCC4)C(=O)C(Cc4ccc(O)cc4)N3C(=O)CN2C)cc1. The lowest BCUT2D eigenvalue weighted by atomic mass is 9.88. The average molecular weight is 550 g/mol. The third kappa shape index (κ3) is 6.01. The normalized spacial score (nSPS) is 22.3. The number of piperazine rings is 1. The number of phenols is 1. The predicted molar refractivity (Wildman–Crippen MR) is 149 cm³/mol. The molecule has 2 atom stereocenters. The van der Waals surface area contributed by atoms with E-state index < -0.39 is 12.2 Å². The van der Waals surface area contributed by atoms with E-state index in [4.69, 9.17) is 4.74 Å². The van der Waals surface area contributed by atoms with Crippen molar-refractivity contribution in [2.45, 2.75) is 57.3 Å². The van der Waals surface area contributed by atoms with Gasteiger partial charge in [0, 0.05) is 26.6 Å². The Labute approximate surface area is 235 Å². The molecule has 1 aliphatic carbocycles. The largest absolute Gasteiger partial charge is 0.508 e. The van der Waals surface area contributed by atoms with Crippen molar-refractivity contribution in [3.05, 3.63) is 59.7 Å². The van der Waals surface area contributed by atoms with Gasteiger partial charge in [-0.1, -0.05) is 43.5 Å². The first-order valence-corrected chi connectivity index (χ1v) is 14.1. The van der Waals surface area contributed by atoms with Crippen LogP contribution in [0.3, 0.4) is 0 Å². The number of carbonyl (C=O) groups is 3. The molecule has 2 aromatic rings. The molecule has 3 aliphatic rings. The van der Waals surface area contributed by atoms with Crippen molar-refractivity contribution in [2.75, 3.05) is 33.8 Å². The van der Waals surface area contributed by atoms with Gasteiger partial charge in [-0.05, 0) is 54.2 Å². The van der Waals surface area contributed by atoms with Crippen molar-refractivity contribution in [3.63, 3.8) is 0 Å². The standard InChI is InChI=1S/C30H39N5O5/c1-32-20-28(37)34-26(16-21-8-12-24(36)13-9-21)29(38)33(18-23-6-4-3-5-7-23)19-27(34)35(32)30(39)31-17-22-10-14-25(40-2)15-11-22/h8-15,23,26-27,36H,3-7,16-20H2,1-2H3,(H,31,39)/t26?,27-/m0/s1. The molecular formula is C30H39N5O5. The number of phenolic OH excluding ortho intramolecular Hbond substituents is 1. The minimum absolute atomic E-state index is 0.00552. The van der Waals surface area contributed by atoms with Crippen LogP contribution in [0.4, 0.5) is 4.79 Å². The van der Waals surface area contributed by atoms with Gasteiger partial charge in [0.25, 0.3) is 0 Å². The Kier molecular flexibility index (Phi) is 8.44. The van der Waals surface area contributed by atoms with Gasteiger partial charge in [0.2, 0.25) is 11.8 Å². The van der Waals surface area contributed by atoms with Gasteiger partial charge in [0.15, 0.2) is 0 Å². The molecule has 3 fully saturated rings. The maximum atomic E-state index is 13.9. The highest BCUT2D eigenvalue weighted by Gasteiger charge is 2.50. The molecule has 2 aliphatic heterocycles. The number of likely N-dealkylation sites (N-methyl/N-ethyl adjacent to an activating group) is 1. The first kappa shape index (κ1) is 27.8. The minimum atomic E-state index is -0.732. The maximum Gasteiger partial charge on any atom is 0.334 e. The van der Waals surface area contributed by atoms with Crippen molar-refractivity contribution in [1.82, 2.24) is 25.1 Å². The Hall–Kier alpha value is -3.79. The number of amides is 4. The van der Waals surface area contributed by atoms with Crippen LogP contribution in [0, 0.1) is 5.92 Å². The predicted octanol–water partition coefficient (Wildman–Crippen LogP) is 2.96. The summed E-state index contributed by atoms with van der Waals surface area (Å²) in [7, 11) is 3.34. The van der Waals surface area contributed by atoms with Gasteiger partial charge in [-0.2, -0.15) is 0 Å². The van der Waals surface area contributed by atoms with Crippen LogP contribution in [-0.2, 0) is 22.6 Å². The molecule has 5 rings (SSSR count). The van der Waals surface area contributed by atoms with E-state index in [1.807, 2.05) is 29.2 Å². The first-order chi connectivity index (χ1) is 19.3. The zero-order valence-corrected chi connectivity index (χ0v) is 23.3. The molecule has 2 N–H and O–H groups in total. The smallest absolute Gasteiger partial charge is 0.334 e. The topological polar surface area (TPSA) is 106 Å². The fourth-order valence-electron chi connectivity index (χ4n) is 6.21. The number of hydrazine groups is 1. The second-order valence-corrected chi connectivity index (χ2v) is 11.1. The number of methoxy groups -OCH3 is 1. The Morgan fingerprint density at radius 1 is 1.00 bits per heavy atom. The molecule has 1 saturated carbocycles. The summed E-state index contributed by atoms with van der Waals surface area (Å²) in [5.74, 6) is 1.05. The van der Waals surface area contributed by atoms with E-state index in [0.717, 1.165) is 29.7 Å². The highest BCUT2D eigenvalue weighted by molar-refractivity contribution is 5.91. The van der Waals surface area contributed by atoms with Crippen LogP contribution >= 0.6 is 0 Å². The second-order valence-electron chi connectivity index (χ2n) is 11.1. The third-order valence-corrected chi connectivity index (χ3v) is 8.32. The molecule has 40 heavy (non-hydrogen) atoms. The van der Waals surface area contributed by atoms with Gasteiger partial charge in [0.1, 0.15) is 23.7 Å². The number of hydrogen-bond donors (Lipinski definition) is 2. The van der Waals surface area contributed by atoms with Crippen LogP contribution in [0.25, 0.3) is 0 Å². The van der Waals surface area contributed by atoms with Crippen molar-refractivity contribution < 1.29 is 24.2 Å². The van der Waals surface area contributed by atoms with Crippen LogP contribution in [-0.4, -0.2) is 88.8 Å². The lowest BCUT2D eigenvalue weighted by Crippen LogP contribution is -2.76. The molecule has 214 valence electrons. The average Bonchev–Trinajstić information content (AvgIpc) is 2.96. The number of fused-ring (bicyclic) bond motifs is 1. The van der Waals surface area contributed by atoms with Gasteiger partial charge in [-0.15, -0.1) is 0 Å². The summed E-state index contributed by atoms with van der Waals surface area (Å²) in [4.78, 5) is 44.5. The number of carbonyl (C=O) groups excluding carboxylic acids is 3. The van der Waals surface area contributed by atoms with Gasteiger partial charge < -0.3 is 25.0 Å². The van der Waals surface area contributed by atoms with Crippen LogP contribution in [0.15, 0.2) is 48.5 Å². The van der Waals surface area contributed by atoms with Crippen molar-refractivity contribution in [3.8, 4) is 11.5 Å². The number of urea groups is 1. The number of ether oxygens (including phenoxy) is 1. The van der Waals surface area contributed by atoms with Crippen molar-refractivity contribution in [1.29, 1.82) is 0 Å². The molecule has 2 heterocycles. The third-order valence-electron chi connectivity index (χ3n) is 8.32. The monoisotopic (exact) mass is 549 g/mol. The summed E-state index contributed by atoms with van der Waals surface area (Å²) in [5, 5.41) is 16.0. The fourth-order valence-corrected chi connectivity index (χ4v) is 6.21. The van der Waals surface area contributed by atoms with Crippen LogP contribution in [0.5, 0.6) is 11.5 Å². The Balaban J connectivity index is 1.40. The fraction of sp³-hybridized carbons (Fsp3) is 0.500. The molecule has 0 bridgehead atoms. The Morgan fingerprint density at radius 2 is 1.68 bits per heavy atom. The molecular weight excluding hydrogens is 510 g/mol. The molecule has 0 spiro atoms. The number of hydrogen-bond acceptors (Lipinski definition) is 6. The molecule has 10 heteroatoms. The summed E-state index contributed by atoms with van der Waals surface area (Å²) < 4.78 is 5.22. The van der Waals surface area contributed by atoms with E-state index in [2.05, 4.69) is 5.32 Å². The van der Waals surface area contributed by atoms with E-state index in [9.17, 15) is 19.5 Å². The van der Waals surface area contributed by atoms with Crippen LogP contribution in [0.1, 0.15) is 43.2 Å². The molecule has 0 aromatic heterocycles. The highest BCUT2D eigenvalue weighted by Crippen LogP contribution is 2.31. The number of aromatic hydroxyl groups is 1. The van der Waals surface area contributed by atoms with Gasteiger partial charge in [-0.3, -0.25) is 9.59 Å². The van der Waals surface area contributed by atoms with Crippen LogP contribution < -0.4 is 10.1 Å².